The predicted octanol–water partition coefficient (Wildman–Crippen LogP) is 1.80. The highest BCUT2D eigenvalue weighted by molar-refractivity contribution is 5.93. The van der Waals surface area contributed by atoms with Crippen molar-refractivity contribution in [3.63, 3.8) is 0 Å². The van der Waals surface area contributed by atoms with Crippen LogP contribution in [0, 0.1) is 0 Å². The summed E-state index contributed by atoms with van der Waals surface area (Å²) in [6, 6.07) is -0.227. The van der Waals surface area contributed by atoms with Gasteiger partial charge in [-0.15, -0.1) is 0 Å². The Kier molecular flexibility index (Phi) is 4.27. The van der Waals surface area contributed by atoms with E-state index < -0.39 is 18.1 Å². The molecule has 0 spiro atoms. The molecule has 3 rings (SSSR count). The normalized spacial score (nSPS) is 21.6. The van der Waals surface area contributed by atoms with Gasteiger partial charge >= 0.3 is 6.18 Å². The van der Waals surface area contributed by atoms with Gasteiger partial charge in [-0.05, 0) is 25.3 Å². The number of nitrogens with zero attached hydrogens (tertiary/aromatic N) is 4. The van der Waals surface area contributed by atoms with Crippen LogP contribution >= 0.6 is 0 Å². The molecule has 3 heterocycles. The van der Waals surface area contributed by atoms with Gasteiger partial charge in [-0.1, -0.05) is 0 Å². The van der Waals surface area contributed by atoms with Crippen molar-refractivity contribution in [2.24, 2.45) is 0 Å². The molecule has 132 valence electrons. The summed E-state index contributed by atoms with van der Waals surface area (Å²) in [5.74, 6) is -0.765. The van der Waals surface area contributed by atoms with Gasteiger partial charge in [0, 0.05) is 26.6 Å². The molecular weight excluding hydrogens is 325 g/mol. The molecule has 1 fully saturated rings. The lowest BCUT2D eigenvalue weighted by molar-refractivity contribution is -0.169. The minimum Gasteiger partial charge on any atom is -0.337 e. The Balaban J connectivity index is 1.82. The molecule has 9 heteroatoms. The van der Waals surface area contributed by atoms with Gasteiger partial charge in [0.05, 0.1) is 12.2 Å². The van der Waals surface area contributed by atoms with Gasteiger partial charge in [-0.3, -0.25) is 14.3 Å². The maximum Gasteiger partial charge on any atom is 0.408 e. The number of amides is 2. The fourth-order valence-electron chi connectivity index (χ4n) is 3.33. The number of hydrogen-bond acceptors (Lipinski definition) is 3. The van der Waals surface area contributed by atoms with E-state index in [9.17, 15) is 22.8 Å². The minimum absolute atomic E-state index is 0.0200. The first-order valence-corrected chi connectivity index (χ1v) is 7.97. The fourth-order valence-corrected chi connectivity index (χ4v) is 3.33. The second-order valence-corrected chi connectivity index (χ2v) is 6.24. The third-order valence-corrected chi connectivity index (χ3v) is 4.57. The highest BCUT2D eigenvalue weighted by Gasteiger charge is 2.48. The molecule has 1 unspecified atom stereocenters. The van der Waals surface area contributed by atoms with Crippen LogP contribution in [0.2, 0.25) is 0 Å². The summed E-state index contributed by atoms with van der Waals surface area (Å²) in [7, 11) is 0. The van der Waals surface area contributed by atoms with Gasteiger partial charge in [-0.25, -0.2) is 0 Å². The topological polar surface area (TPSA) is 58.4 Å². The zero-order chi connectivity index (χ0) is 17.5. The molecule has 2 amide bonds. The molecule has 0 aromatic carbocycles. The summed E-state index contributed by atoms with van der Waals surface area (Å²) >= 11 is 0. The summed E-state index contributed by atoms with van der Waals surface area (Å²) in [4.78, 5) is 26.6. The molecular formula is C15H19F3N4O2. The van der Waals surface area contributed by atoms with E-state index in [1.54, 1.807) is 9.58 Å². The number of hydrogen-bond donors (Lipinski definition) is 0. The van der Waals surface area contributed by atoms with Crippen molar-refractivity contribution >= 4 is 11.8 Å². The number of aryl methyl sites for hydroxylation is 1. The second kappa shape index (κ2) is 6.10. The Bertz CT molecular complexity index is 656. The summed E-state index contributed by atoms with van der Waals surface area (Å²) in [5, 5.41) is 4.19. The largest absolute Gasteiger partial charge is 0.408 e. The average Bonchev–Trinajstić information content (AvgIpc) is 3.09. The van der Waals surface area contributed by atoms with E-state index in [1.165, 1.54) is 13.0 Å². The molecule has 1 aromatic rings. The number of halogens is 3. The molecule has 24 heavy (non-hydrogen) atoms. The van der Waals surface area contributed by atoms with Crippen molar-refractivity contribution in [2.45, 2.75) is 51.5 Å². The van der Waals surface area contributed by atoms with Crippen molar-refractivity contribution in [1.29, 1.82) is 0 Å². The molecule has 0 N–H and O–H groups in total. The Morgan fingerprint density at radius 2 is 1.96 bits per heavy atom. The average molecular weight is 344 g/mol. The quantitative estimate of drug-likeness (QED) is 0.781. The maximum atomic E-state index is 13.0. The van der Waals surface area contributed by atoms with E-state index in [0.717, 1.165) is 4.90 Å². The number of carbonyl (C=O) groups is 2. The van der Waals surface area contributed by atoms with Crippen LogP contribution in [0.15, 0.2) is 6.07 Å². The molecule has 1 atom stereocenters. The molecule has 0 bridgehead atoms. The summed E-state index contributed by atoms with van der Waals surface area (Å²) in [6.07, 6.45) is -3.46. The number of fused-ring (bicyclic) bond motifs is 1. The Morgan fingerprint density at radius 3 is 2.62 bits per heavy atom. The highest BCUT2D eigenvalue weighted by atomic mass is 19.4. The van der Waals surface area contributed by atoms with E-state index >= 15 is 0 Å². The lowest BCUT2D eigenvalue weighted by atomic mass is 10.2. The lowest BCUT2D eigenvalue weighted by Crippen LogP contribution is -2.44. The zero-order valence-corrected chi connectivity index (χ0v) is 13.3. The van der Waals surface area contributed by atoms with Gasteiger partial charge in [-0.2, -0.15) is 18.3 Å². The molecule has 2 aliphatic rings. The van der Waals surface area contributed by atoms with Crippen LogP contribution in [0.25, 0.3) is 0 Å². The smallest absolute Gasteiger partial charge is 0.337 e. The van der Waals surface area contributed by atoms with Gasteiger partial charge in [0.25, 0.3) is 5.91 Å². The Morgan fingerprint density at radius 1 is 1.21 bits per heavy atom. The molecule has 0 saturated carbocycles. The summed E-state index contributed by atoms with van der Waals surface area (Å²) in [5.41, 5.74) is 0.695. The lowest BCUT2D eigenvalue weighted by Gasteiger charge is -2.25. The van der Waals surface area contributed by atoms with Crippen molar-refractivity contribution in [1.82, 2.24) is 19.6 Å². The first kappa shape index (κ1) is 16.8. The van der Waals surface area contributed by atoms with Crippen molar-refractivity contribution in [3.05, 3.63) is 17.5 Å². The Labute approximate surface area is 137 Å². The number of rotatable bonds is 1. The molecule has 2 aliphatic heterocycles. The molecule has 0 aliphatic carbocycles. The first-order chi connectivity index (χ1) is 11.3. The van der Waals surface area contributed by atoms with E-state index in [1.807, 2.05) is 0 Å². The van der Waals surface area contributed by atoms with Crippen LogP contribution in [-0.4, -0.2) is 56.7 Å². The summed E-state index contributed by atoms with van der Waals surface area (Å²) < 4.78 is 40.8. The number of alkyl halides is 3. The zero-order valence-electron chi connectivity index (χ0n) is 13.3. The van der Waals surface area contributed by atoms with Crippen LogP contribution in [0.5, 0.6) is 0 Å². The van der Waals surface area contributed by atoms with E-state index in [0.29, 0.717) is 38.2 Å². The number of aromatic nitrogens is 2. The van der Waals surface area contributed by atoms with Gasteiger partial charge in [0.1, 0.15) is 6.04 Å². The van der Waals surface area contributed by atoms with Crippen LogP contribution < -0.4 is 0 Å². The summed E-state index contributed by atoms with van der Waals surface area (Å²) in [6.45, 7) is 3.01. The van der Waals surface area contributed by atoms with Crippen molar-refractivity contribution < 1.29 is 22.8 Å². The van der Waals surface area contributed by atoms with Crippen LogP contribution in [0.4, 0.5) is 13.2 Å². The van der Waals surface area contributed by atoms with E-state index in [4.69, 9.17) is 0 Å². The van der Waals surface area contributed by atoms with Crippen molar-refractivity contribution in [3.8, 4) is 0 Å². The van der Waals surface area contributed by atoms with Crippen LogP contribution in [-0.2, 0) is 17.9 Å². The Hall–Kier alpha value is -2.06. The van der Waals surface area contributed by atoms with Crippen LogP contribution in [0.3, 0.4) is 0 Å². The first-order valence-electron chi connectivity index (χ1n) is 7.97. The molecule has 1 aromatic heterocycles. The molecule has 1 saturated heterocycles. The fraction of sp³-hybridized carbons (Fsp3) is 0.667. The second-order valence-electron chi connectivity index (χ2n) is 6.24. The van der Waals surface area contributed by atoms with Crippen LogP contribution in [0.1, 0.15) is 42.4 Å². The molecule has 0 radical (unpaired) electrons. The monoisotopic (exact) mass is 344 g/mol. The standard InChI is InChI=1S/C15H19F3N4O2/c1-10(23)20-5-3-7-22-11(9-20)8-12(19-22)14(24)21-6-2-4-13(21)15(16,17)18/h8,13H,2-7,9H2,1H3. The predicted molar refractivity (Wildman–Crippen MR) is 78.0 cm³/mol. The number of carbonyl (C=O) groups excluding carboxylic acids is 2. The minimum atomic E-state index is -4.42. The highest BCUT2D eigenvalue weighted by Crippen LogP contribution is 2.33. The SMILES string of the molecule is CC(=O)N1CCCn2nc(C(=O)N3CCCC3C(F)(F)F)cc2C1. The van der Waals surface area contributed by atoms with Gasteiger partial charge < -0.3 is 9.80 Å². The van der Waals surface area contributed by atoms with Gasteiger partial charge in [0.2, 0.25) is 5.91 Å². The van der Waals surface area contributed by atoms with E-state index in [-0.39, 0.29) is 24.6 Å². The van der Waals surface area contributed by atoms with E-state index in [2.05, 4.69) is 5.10 Å². The third-order valence-electron chi connectivity index (χ3n) is 4.57. The van der Waals surface area contributed by atoms with Crippen molar-refractivity contribution in [2.75, 3.05) is 13.1 Å². The molecule has 6 nitrogen and oxygen atoms in total. The third kappa shape index (κ3) is 3.11. The maximum absolute atomic E-state index is 13.0. The number of likely N-dealkylation sites (tertiary alicyclic amines) is 1. The van der Waals surface area contributed by atoms with Gasteiger partial charge in [0.15, 0.2) is 5.69 Å².